The number of aliphatic hydroxyl groups excluding tert-OH is 1. The monoisotopic (exact) mass is 290 g/mol. The summed E-state index contributed by atoms with van der Waals surface area (Å²) in [5.41, 5.74) is 0.0479. The fourth-order valence-electron chi connectivity index (χ4n) is 2.41. The van der Waals surface area contributed by atoms with Gasteiger partial charge in [0.15, 0.2) is 5.79 Å². The fraction of sp³-hybridized carbons (Fsp3) is 0.267. The van der Waals surface area contributed by atoms with Crippen LogP contribution in [0.1, 0.15) is 6.42 Å². The summed E-state index contributed by atoms with van der Waals surface area (Å²) in [4.78, 5) is 12.5. The minimum absolute atomic E-state index is 0.0393. The molecular formula is C15H14O6. The molecule has 6 heteroatoms. The van der Waals surface area contributed by atoms with E-state index in [-0.39, 0.29) is 28.2 Å². The summed E-state index contributed by atoms with van der Waals surface area (Å²) in [7, 11) is 2.80. The lowest BCUT2D eigenvalue weighted by atomic mass is 10.0. The molecular weight excluding hydrogens is 276 g/mol. The van der Waals surface area contributed by atoms with E-state index in [4.69, 9.17) is 13.9 Å². The minimum atomic E-state index is -1.69. The Balaban J connectivity index is 2.46. The Kier molecular flexibility index (Phi) is 3.00. The van der Waals surface area contributed by atoms with E-state index in [1.165, 1.54) is 20.3 Å². The van der Waals surface area contributed by atoms with Crippen molar-refractivity contribution in [2.24, 2.45) is 0 Å². The zero-order valence-electron chi connectivity index (χ0n) is 11.5. The van der Waals surface area contributed by atoms with E-state index in [0.717, 1.165) is 0 Å². The number of methoxy groups -OCH3 is 2. The van der Waals surface area contributed by atoms with Gasteiger partial charge in [0.1, 0.15) is 27.7 Å². The number of benzene rings is 1. The van der Waals surface area contributed by atoms with Crippen LogP contribution in [-0.2, 0) is 4.74 Å². The van der Waals surface area contributed by atoms with Crippen molar-refractivity contribution in [3.05, 3.63) is 39.1 Å². The van der Waals surface area contributed by atoms with Gasteiger partial charge in [-0.05, 0) is 18.2 Å². The molecule has 1 aliphatic carbocycles. The predicted octanol–water partition coefficient (Wildman–Crippen LogP) is -0.0130. The summed E-state index contributed by atoms with van der Waals surface area (Å²) < 4.78 is 15.6. The Morgan fingerprint density at radius 3 is 2.76 bits per heavy atom. The van der Waals surface area contributed by atoms with Crippen molar-refractivity contribution in [3.8, 4) is 5.75 Å². The Labute approximate surface area is 119 Å². The second-order valence-corrected chi connectivity index (χ2v) is 4.85. The smallest absolute Gasteiger partial charge is 0.204 e. The molecule has 0 spiro atoms. The molecule has 0 saturated heterocycles. The summed E-state index contributed by atoms with van der Waals surface area (Å²) in [6.07, 6.45) is 1.07. The van der Waals surface area contributed by atoms with Crippen LogP contribution in [0.5, 0.6) is 5.75 Å². The van der Waals surface area contributed by atoms with Crippen molar-refractivity contribution in [3.63, 3.8) is 0 Å². The van der Waals surface area contributed by atoms with E-state index in [9.17, 15) is 15.0 Å². The number of hydrogen-bond acceptors (Lipinski definition) is 6. The fourth-order valence-corrected chi connectivity index (χ4v) is 2.41. The summed E-state index contributed by atoms with van der Waals surface area (Å²) in [5.74, 6) is -1.44. The normalized spacial score (nSPS) is 21.0. The topological polar surface area (TPSA) is 89.1 Å². The molecule has 1 aliphatic rings. The zero-order valence-corrected chi connectivity index (χ0v) is 11.5. The average Bonchev–Trinajstić information content (AvgIpc) is 2.46. The van der Waals surface area contributed by atoms with Crippen molar-refractivity contribution in [1.29, 1.82) is 0 Å². The summed E-state index contributed by atoms with van der Waals surface area (Å²) in [5, 5.41) is 20.5. The van der Waals surface area contributed by atoms with Crippen LogP contribution in [0.4, 0.5) is 0 Å². The number of ether oxygens (including phenoxy) is 2. The summed E-state index contributed by atoms with van der Waals surface area (Å²) in [6.45, 7) is 0. The predicted molar refractivity (Wildman–Crippen MR) is 75.4 cm³/mol. The van der Waals surface area contributed by atoms with Gasteiger partial charge in [-0.3, -0.25) is 4.79 Å². The highest BCUT2D eigenvalue weighted by molar-refractivity contribution is 5.78. The molecule has 1 aromatic heterocycles. The molecule has 0 bridgehead atoms. The van der Waals surface area contributed by atoms with E-state index in [2.05, 4.69) is 0 Å². The van der Waals surface area contributed by atoms with Crippen LogP contribution in [0.15, 0.2) is 27.4 Å². The number of aliphatic hydroxyl groups is 2. The molecule has 1 heterocycles. The van der Waals surface area contributed by atoms with Gasteiger partial charge in [-0.1, -0.05) is 0 Å². The molecule has 1 aromatic carbocycles. The maximum atomic E-state index is 12.5. The second-order valence-electron chi connectivity index (χ2n) is 4.85. The van der Waals surface area contributed by atoms with Gasteiger partial charge in [-0.25, -0.2) is 0 Å². The molecule has 0 amide bonds. The highest BCUT2D eigenvalue weighted by Gasteiger charge is 2.30. The van der Waals surface area contributed by atoms with E-state index >= 15 is 0 Å². The molecule has 2 N–H and O–H groups in total. The molecule has 0 fully saturated rings. The van der Waals surface area contributed by atoms with Crippen LogP contribution in [-0.4, -0.2) is 30.2 Å². The lowest BCUT2D eigenvalue weighted by Gasteiger charge is -2.24. The molecule has 0 saturated carbocycles. The highest BCUT2D eigenvalue weighted by Crippen LogP contribution is 2.21. The lowest BCUT2D eigenvalue weighted by Crippen LogP contribution is -2.48. The Hall–Kier alpha value is -2.31. The molecule has 6 nitrogen and oxygen atoms in total. The van der Waals surface area contributed by atoms with Gasteiger partial charge in [-0.15, -0.1) is 0 Å². The van der Waals surface area contributed by atoms with Crippen molar-refractivity contribution < 1.29 is 24.1 Å². The SMILES string of the molecule is COc1ccc2oc3c(c(=O)c2c1)=C(O)CC(O)(OC)C=3. The van der Waals surface area contributed by atoms with Crippen LogP contribution in [0.25, 0.3) is 22.8 Å². The van der Waals surface area contributed by atoms with E-state index < -0.39 is 5.79 Å². The summed E-state index contributed by atoms with van der Waals surface area (Å²) in [6, 6.07) is 4.81. The largest absolute Gasteiger partial charge is 0.511 e. The number of hydrogen-bond donors (Lipinski definition) is 2. The standard InChI is InChI=1S/C15H14O6/c1-19-8-3-4-11-9(5-8)14(17)13-10(16)6-15(18,20-2)7-12(13)21-11/h3-5,7,16,18H,6H2,1-2H3. The van der Waals surface area contributed by atoms with E-state index in [1.54, 1.807) is 18.2 Å². The van der Waals surface area contributed by atoms with Crippen LogP contribution >= 0.6 is 0 Å². The molecule has 2 aromatic rings. The number of fused-ring (bicyclic) bond motifs is 2. The molecule has 1 atom stereocenters. The third-order valence-corrected chi connectivity index (χ3v) is 3.54. The average molecular weight is 290 g/mol. The summed E-state index contributed by atoms with van der Waals surface area (Å²) >= 11 is 0. The molecule has 3 rings (SSSR count). The molecule has 1 unspecified atom stereocenters. The molecule has 0 aliphatic heterocycles. The van der Waals surface area contributed by atoms with Gasteiger partial charge in [-0.2, -0.15) is 0 Å². The maximum Gasteiger partial charge on any atom is 0.204 e. The van der Waals surface area contributed by atoms with Crippen molar-refractivity contribution in [2.45, 2.75) is 12.2 Å². The number of rotatable bonds is 2. The molecule has 110 valence electrons. The first kappa shape index (κ1) is 13.7. The first-order valence-electron chi connectivity index (χ1n) is 6.31. The van der Waals surface area contributed by atoms with Crippen molar-refractivity contribution in [2.75, 3.05) is 14.2 Å². The van der Waals surface area contributed by atoms with Gasteiger partial charge < -0.3 is 24.1 Å². The molecule has 0 radical (unpaired) electrons. The Bertz CT molecular complexity index is 895. The van der Waals surface area contributed by atoms with E-state index in [0.29, 0.717) is 16.7 Å². The zero-order chi connectivity index (χ0) is 15.2. The third kappa shape index (κ3) is 2.09. The van der Waals surface area contributed by atoms with Gasteiger partial charge in [0.2, 0.25) is 5.43 Å². The van der Waals surface area contributed by atoms with Crippen LogP contribution in [0, 0.1) is 0 Å². The Morgan fingerprint density at radius 2 is 2.10 bits per heavy atom. The quantitative estimate of drug-likeness (QED) is 0.756. The first-order valence-corrected chi connectivity index (χ1v) is 6.31. The van der Waals surface area contributed by atoms with Gasteiger partial charge in [0.05, 0.1) is 18.9 Å². The van der Waals surface area contributed by atoms with Crippen molar-refractivity contribution in [1.82, 2.24) is 0 Å². The van der Waals surface area contributed by atoms with Gasteiger partial charge in [0.25, 0.3) is 0 Å². The van der Waals surface area contributed by atoms with Crippen molar-refractivity contribution >= 4 is 22.8 Å². The first-order chi connectivity index (χ1) is 9.97. The van der Waals surface area contributed by atoms with Crippen LogP contribution in [0.3, 0.4) is 0 Å². The maximum absolute atomic E-state index is 12.5. The van der Waals surface area contributed by atoms with Crippen LogP contribution < -0.4 is 20.8 Å². The van der Waals surface area contributed by atoms with Gasteiger partial charge in [0, 0.05) is 13.2 Å². The van der Waals surface area contributed by atoms with Crippen LogP contribution in [0.2, 0.25) is 0 Å². The second kappa shape index (κ2) is 4.61. The highest BCUT2D eigenvalue weighted by atomic mass is 16.6. The minimum Gasteiger partial charge on any atom is -0.511 e. The lowest BCUT2D eigenvalue weighted by molar-refractivity contribution is -0.131. The van der Waals surface area contributed by atoms with Gasteiger partial charge >= 0.3 is 0 Å². The molecule has 21 heavy (non-hydrogen) atoms. The van der Waals surface area contributed by atoms with E-state index in [1.807, 2.05) is 0 Å². The third-order valence-electron chi connectivity index (χ3n) is 3.54. The Morgan fingerprint density at radius 1 is 1.33 bits per heavy atom.